The molecule has 1 aromatic carbocycles. The van der Waals surface area contributed by atoms with Gasteiger partial charge in [0.05, 0.1) is 12.1 Å². The first-order valence-electron chi connectivity index (χ1n) is 7.91. The number of H-pyrrole nitrogens is 1. The van der Waals surface area contributed by atoms with E-state index in [1.165, 1.54) is 0 Å². The second kappa shape index (κ2) is 5.88. The Morgan fingerprint density at radius 3 is 2.78 bits per heavy atom. The van der Waals surface area contributed by atoms with Crippen molar-refractivity contribution < 1.29 is 4.79 Å². The zero-order chi connectivity index (χ0) is 15.8. The van der Waals surface area contributed by atoms with Crippen LogP contribution in [0.5, 0.6) is 0 Å². The number of nitrogens with zero attached hydrogens (tertiary/aromatic N) is 4. The number of amides is 1. The van der Waals surface area contributed by atoms with Gasteiger partial charge >= 0.3 is 0 Å². The van der Waals surface area contributed by atoms with Crippen LogP contribution in [-0.4, -0.2) is 69.0 Å². The molecule has 6 nitrogen and oxygen atoms in total. The number of aliphatic imine (C=N–C) groups is 1. The molecule has 4 rings (SSSR count). The molecule has 2 aromatic rings. The van der Waals surface area contributed by atoms with Crippen molar-refractivity contribution in [2.45, 2.75) is 12.2 Å². The van der Waals surface area contributed by atoms with E-state index in [1.807, 2.05) is 40.9 Å². The van der Waals surface area contributed by atoms with E-state index in [1.54, 1.807) is 0 Å². The molecule has 1 fully saturated rings. The number of benzene rings is 1. The first-order valence-corrected chi connectivity index (χ1v) is 8.79. The van der Waals surface area contributed by atoms with Gasteiger partial charge in [-0.15, -0.1) is 0 Å². The van der Waals surface area contributed by atoms with Gasteiger partial charge in [-0.25, -0.2) is 0 Å². The number of carbonyl (C=O) groups is 1. The van der Waals surface area contributed by atoms with E-state index < -0.39 is 0 Å². The summed E-state index contributed by atoms with van der Waals surface area (Å²) in [5.74, 6) is 0.0106. The first kappa shape index (κ1) is 14.6. The van der Waals surface area contributed by atoms with Gasteiger partial charge in [0, 0.05) is 36.8 Å². The van der Waals surface area contributed by atoms with Crippen molar-refractivity contribution in [3.05, 3.63) is 30.0 Å². The summed E-state index contributed by atoms with van der Waals surface area (Å²) in [5, 5.41) is 9.75. The number of rotatable bonds is 1. The van der Waals surface area contributed by atoms with Gasteiger partial charge < -0.3 is 9.80 Å². The Hall–Kier alpha value is -2.02. The molecule has 1 aromatic heterocycles. The van der Waals surface area contributed by atoms with E-state index in [4.69, 9.17) is 0 Å². The van der Waals surface area contributed by atoms with Crippen molar-refractivity contribution in [3.63, 3.8) is 0 Å². The summed E-state index contributed by atoms with van der Waals surface area (Å²) in [6.45, 7) is 6.21. The van der Waals surface area contributed by atoms with Crippen molar-refractivity contribution in [2.24, 2.45) is 4.99 Å². The van der Waals surface area contributed by atoms with Crippen LogP contribution in [0.25, 0.3) is 10.9 Å². The molecule has 1 N–H and O–H groups in total. The number of nitrogens with one attached hydrogen (secondary N) is 1. The summed E-state index contributed by atoms with van der Waals surface area (Å²) in [6.07, 6.45) is 0. The molecule has 3 heterocycles. The van der Waals surface area contributed by atoms with Crippen molar-refractivity contribution in [2.75, 3.05) is 32.7 Å². The van der Waals surface area contributed by atoms with Crippen LogP contribution in [-0.2, 0) is 0 Å². The second-order valence-electron chi connectivity index (χ2n) is 5.95. The van der Waals surface area contributed by atoms with E-state index in [0.717, 1.165) is 35.7 Å². The highest BCUT2D eigenvalue weighted by molar-refractivity contribution is 8.14. The zero-order valence-electron chi connectivity index (χ0n) is 13.0. The van der Waals surface area contributed by atoms with Gasteiger partial charge in [0.25, 0.3) is 5.91 Å². The van der Waals surface area contributed by atoms with Crippen molar-refractivity contribution in [3.8, 4) is 0 Å². The van der Waals surface area contributed by atoms with Crippen molar-refractivity contribution in [1.29, 1.82) is 0 Å². The SMILES string of the molecule is CC1CN=C(N2CCN(C(=O)c3n[nH]c4ccccc34)CC2)S1. The molecule has 0 aliphatic carbocycles. The Morgan fingerprint density at radius 1 is 1.26 bits per heavy atom. The van der Waals surface area contributed by atoms with Crippen LogP contribution in [0.15, 0.2) is 29.3 Å². The molecular weight excluding hydrogens is 310 g/mol. The van der Waals surface area contributed by atoms with Crippen LogP contribution >= 0.6 is 11.8 Å². The number of hydrogen-bond acceptors (Lipinski definition) is 5. The number of carbonyl (C=O) groups excluding carboxylic acids is 1. The fraction of sp³-hybridized carbons (Fsp3) is 0.438. The Morgan fingerprint density at radius 2 is 2.04 bits per heavy atom. The molecule has 1 unspecified atom stereocenters. The Balaban J connectivity index is 1.45. The lowest BCUT2D eigenvalue weighted by Crippen LogP contribution is -2.50. The Labute approximate surface area is 138 Å². The van der Waals surface area contributed by atoms with Gasteiger partial charge in [-0.3, -0.25) is 14.9 Å². The number of piperazine rings is 1. The molecule has 1 saturated heterocycles. The zero-order valence-corrected chi connectivity index (χ0v) is 13.8. The monoisotopic (exact) mass is 329 g/mol. The third kappa shape index (κ3) is 2.69. The van der Waals surface area contributed by atoms with E-state index >= 15 is 0 Å². The smallest absolute Gasteiger partial charge is 0.275 e. The molecule has 7 heteroatoms. The van der Waals surface area contributed by atoms with Crippen LogP contribution in [0.2, 0.25) is 0 Å². The molecule has 0 saturated carbocycles. The van der Waals surface area contributed by atoms with Crippen molar-refractivity contribution >= 4 is 33.7 Å². The topological polar surface area (TPSA) is 64.6 Å². The van der Waals surface area contributed by atoms with Gasteiger partial charge in [-0.1, -0.05) is 36.9 Å². The fourth-order valence-electron chi connectivity index (χ4n) is 3.01. The maximum Gasteiger partial charge on any atom is 0.275 e. The number of thioether (sulfide) groups is 1. The number of fused-ring (bicyclic) bond motifs is 1. The van der Waals surface area contributed by atoms with Gasteiger partial charge in [0.1, 0.15) is 0 Å². The van der Waals surface area contributed by atoms with Gasteiger partial charge in [-0.2, -0.15) is 5.10 Å². The summed E-state index contributed by atoms with van der Waals surface area (Å²) in [4.78, 5) is 21.5. The summed E-state index contributed by atoms with van der Waals surface area (Å²) >= 11 is 1.84. The highest BCUT2D eigenvalue weighted by Gasteiger charge is 2.28. The summed E-state index contributed by atoms with van der Waals surface area (Å²) in [6, 6.07) is 7.75. The lowest BCUT2D eigenvalue weighted by Gasteiger charge is -2.35. The molecule has 23 heavy (non-hydrogen) atoms. The van der Waals surface area contributed by atoms with E-state index in [9.17, 15) is 4.79 Å². The van der Waals surface area contributed by atoms with Crippen LogP contribution in [0.3, 0.4) is 0 Å². The largest absolute Gasteiger partial charge is 0.348 e. The maximum absolute atomic E-state index is 12.7. The fourth-order valence-corrected chi connectivity index (χ4v) is 4.00. The number of hydrogen-bond donors (Lipinski definition) is 1. The lowest BCUT2D eigenvalue weighted by molar-refractivity contribution is 0.0689. The van der Waals surface area contributed by atoms with Gasteiger partial charge in [0.2, 0.25) is 0 Å². The lowest BCUT2D eigenvalue weighted by atomic mass is 10.2. The Kier molecular flexibility index (Phi) is 3.72. The minimum absolute atomic E-state index is 0.0106. The molecule has 2 aliphatic heterocycles. The highest BCUT2D eigenvalue weighted by atomic mass is 32.2. The summed E-state index contributed by atoms with van der Waals surface area (Å²) in [5.41, 5.74) is 1.43. The predicted molar refractivity (Wildman–Crippen MR) is 92.9 cm³/mol. The average molecular weight is 329 g/mol. The van der Waals surface area contributed by atoms with Gasteiger partial charge in [0.15, 0.2) is 10.9 Å². The van der Waals surface area contributed by atoms with Crippen LogP contribution in [0, 0.1) is 0 Å². The molecule has 2 aliphatic rings. The molecular formula is C16H19N5OS. The number of aromatic amines is 1. The molecule has 0 spiro atoms. The van der Waals surface area contributed by atoms with Crippen LogP contribution < -0.4 is 0 Å². The van der Waals surface area contributed by atoms with Crippen LogP contribution in [0.1, 0.15) is 17.4 Å². The second-order valence-corrected chi connectivity index (χ2v) is 7.35. The standard InChI is InChI=1S/C16H19N5OS/c1-11-10-17-16(23-11)21-8-6-20(7-9-21)15(22)14-12-4-2-3-5-13(12)18-19-14/h2-5,11H,6-10H2,1H3,(H,18,19). The third-order valence-corrected chi connectivity index (χ3v) is 5.45. The molecule has 120 valence electrons. The predicted octanol–water partition coefficient (Wildman–Crippen LogP) is 1.81. The minimum atomic E-state index is 0.0106. The molecule has 1 atom stereocenters. The van der Waals surface area contributed by atoms with Gasteiger partial charge in [-0.05, 0) is 6.07 Å². The van der Waals surface area contributed by atoms with Crippen molar-refractivity contribution in [1.82, 2.24) is 20.0 Å². The van der Waals surface area contributed by atoms with Crippen LogP contribution in [0.4, 0.5) is 0 Å². The summed E-state index contributed by atoms with van der Waals surface area (Å²) in [7, 11) is 0. The first-order chi connectivity index (χ1) is 11.2. The Bertz CT molecular complexity index is 763. The average Bonchev–Trinajstić information content (AvgIpc) is 3.21. The number of amidine groups is 1. The van der Waals surface area contributed by atoms with E-state index in [0.29, 0.717) is 24.0 Å². The summed E-state index contributed by atoms with van der Waals surface area (Å²) < 4.78 is 0. The van der Waals surface area contributed by atoms with E-state index in [-0.39, 0.29) is 5.91 Å². The normalized spacial score (nSPS) is 21.8. The van der Waals surface area contributed by atoms with E-state index in [2.05, 4.69) is 27.0 Å². The third-order valence-electron chi connectivity index (χ3n) is 4.30. The number of para-hydroxylation sites is 1. The quantitative estimate of drug-likeness (QED) is 0.867. The number of aromatic nitrogens is 2. The molecule has 0 bridgehead atoms. The molecule has 0 radical (unpaired) electrons. The highest BCUT2D eigenvalue weighted by Crippen LogP contribution is 2.24. The minimum Gasteiger partial charge on any atom is -0.348 e. The molecule has 1 amide bonds. The maximum atomic E-state index is 12.7.